The summed E-state index contributed by atoms with van der Waals surface area (Å²) in [5.74, 6) is -0.682. The maximum atomic E-state index is 11.8. The number of hydrogen-bond donors (Lipinski definition) is 1. The van der Waals surface area contributed by atoms with Crippen molar-refractivity contribution in [2.75, 3.05) is 16.8 Å². The van der Waals surface area contributed by atoms with Crippen molar-refractivity contribution in [1.29, 1.82) is 0 Å². The summed E-state index contributed by atoms with van der Waals surface area (Å²) in [7, 11) is -3.03. The Labute approximate surface area is 103 Å². The van der Waals surface area contributed by atoms with Gasteiger partial charge in [-0.15, -0.1) is 10.2 Å². The van der Waals surface area contributed by atoms with Crippen LogP contribution >= 0.6 is 11.3 Å². The van der Waals surface area contributed by atoms with Crippen molar-refractivity contribution >= 4 is 32.2 Å². The molecule has 1 aliphatic rings. The fraction of sp³-hybridized carbons (Fsp3) is 0.667. The predicted octanol–water partition coefficient (Wildman–Crippen LogP) is 0.474. The zero-order chi connectivity index (χ0) is 12.5. The summed E-state index contributed by atoms with van der Waals surface area (Å²) in [6.07, 6.45) is 1.17. The highest BCUT2D eigenvalue weighted by Crippen LogP contribution is 2.22. The van der Waals surface area contributed by atoms with E-state index in [9.17, 15) is 13.2 Å². The van der Waals surface area contributed by atoms with E-state index in [1.165, 1.54) is 11.3 Å². The molecule has 6 nitrogen and oxygen atoms in total. The Kier molecular flexibility index (Phi) is 3.43. The van der Waals surface area contributed by atoms with Crippen LogP contribution in [-0.4, -0.2) is 36.0 Å². The molecule has 1 amide bonds. The molecule has 0 aliphatic carbocycles. The molecule has 2 rings (SSSR count). The van der Waals surface area contributed by atoms with Crippen LogP contribution in [0.3, 0.4) is 0 Å². The molecule has 1 aromatic rings. The number of amides is 1. The lowest BCUT2D eigenvalue weighted by Gasteiger charge is -2.05. The SMILES string of the molecule is CCc1nnc(NC(=O)C2CCS(=O)(=O)C2)s1. The average molecular weight is 275 g/mol. The molecule has 1 aromatic heterocycles. The number of aryl methyl sites for hydroxylation is 1. The molecule has 8 heteroatoms. The number of hydrogen-bond acceptors (Lipinski definition) is 6. The van der Waals surface area contributed by atoms with Crippen molar-refractivity contribution in [2.24, 2.45) is 5.92 Å². The molecule has 0 radical (unpaired) electrons. The van der Waals surface area contributed by atoms with Gasteiger partial charge in [-0.2, -0.15) is 0 Å². The van der Waals surface area contributed by atoms with Crippen molar-refractivity contribution in [1.82, 2.24) is 10.2 Å². The van der Waals surface area contributed by atoms with E-state index in [1.54, 1.807) is 0 Å². The number of nitrogens with one attached hydrogen (secondary N) is 1. The van der Waals surface area contributed by atoms with Crippen molar-refractivity contribution < 1.29 is 13.2 Å². The smallest absolute Gasteiger partial charge is 0.230 e. The van der Waals surface area contributed by atoms with Crippen LogP contribution in [0.2, 0.25) is 0 Å². The number of rotatable bonds is 3. The van der Waals surface area contributed by atoms with Gasteiger partial charge in [0.15, 0.2) is 9.84 Å². The van der Waals surface area contributed by atoms with Gasteiger partial charge >= 0.3 is 0 Å². The largest absolute Gasteiger partial charge is 0.300 e. The van der Waals surface area contributed by atoms with Crippen LogP contribution in [0.15, 0.2) is 0 Å². The Morgan fingerprint density at radius 2 is 2.29 bits per heavy atom. The summed E-state index contributed by atoms with van der Waals surface area (Å²) >= 11 is 1.32. The summed E-state index contributed by atoms with van der Waals surface area (Å²) in [5.41, 5.74) is 0. The Morgan fingerprint density at radius 1 is 1.53 bits per heavy atom. The van der Waals surface area contributed by atoms with E-state index in [-0.39, 0.29) is 17.4 Å². The van der Waals surface area contributed by atoms with Gasteiger partial charge < -0.3 is 5.32 Å². The van der Waals surface area contributed by atoms with Gasteiger partial charge in [-0.3, -0.25) is 4.79 Å². The first-order valence-electron chi connectivity index (χ1n) is 5.34. The van der Waals surface area contributed by atoms with Crippen molar-refractivity contribution in [2.45, 2.75) is 19.8 Å². The Bertz CT molecular complexity index is 523. The lowest BCUT2D eigenvalue weighted by atomic mass is 10.1. The molecule has 0 spiro atoms. The summed E-state index contributed by atoms with van der Waals surface area (Å²) in [6.45, 7) is 1.95. The number of carbonyl (C=O) groups is 1. The number of carbonyl (C=O) groups excluding carboxylic acids is 1. The van der Waals surface area contributed by atoms with Gasteiger partial charge in [0.2, 0.25) is 11.0 Å². The molecule has 1 aliphatic heterocycles. The molecule has 0 aromatic carbocycles. The van der Waals surface area contributed by atoms with Gasteiger partial charge in [0, 0.05) is 0 Å². The summed E-state index contributed by atoms with van der Waals surface area (Å²) < 4.78 is 22.5. The van der Waals surface area contributed by atoms with Crippen LogP contribution in [0.1, 0.15) is 18.4 Å². The van der Waals surface area contributed by atoms with Gasteiger partial charge in [-0.25, -0.2) is 8.42 Å². The number of nitrogens with zero attached hydrogens (tertiary/aromatic N) is 2. The average Bonchev–Trinajstić information content (AvgIpc) is 2.84. The van der Waals surface area contributed by atoms with E-state index >= 15 is 0 Å². The van der Waals surface area contributed by atoms with Gasteiger partial charge in [0.05, 0.1) is 17.4 Å². The molecule has 1 fully saturated rings. The van der Waals surface area contributed by atoms with Crippen molar-refractivity contribution in [3.63, 3.8) is 0 Å². The number of aromatic nitrogens is 2. The minimum absolute atomic E-state index is 0.0573. The molecule has 2 heterocycles. The Hall–Kier alpha value is -1.02. The molecule has 1 unspecified atom stereocenters. The third-order valence-electron chi connectivity index (χ3n) is 2.60. The zero-order valence-electron chi connectivity index (χ0n) is 9.34. The van der Waals surface area contributed by atoms with Crippen LogP contribution in [0, 0.1) is 5.92 Å². The third kappa shape index (κ3) is 3.01. The highest BCUT2D eigenvalue weighted by molar-refractivity contribution is 7.91. The fourth-order valence-corrected chi connectivity index (χ4v) is 4.08. The molecule has 0 bridgehead atoms. The molecule has 1 atom stereocenters. The van der Waals surface area contributed by atoms with E-state index in [0.717, 1.165) is 11.4 Å². The maximum absolute atomic E-state index is 11.8. The van der Waals surface area contributed by atoms with Crippen molar-refractivity contribution in [3.8, 4) is 0 Å². The van der Waals surface area contributed by atoms with Crippen LogP contribution in [0.4, 0.5) is 5.13 Å². The lowest BCUT2D eigenvalue weighted by Crippen LogP contribution is -2.23. The Balaban J connectivity index is 1.98. The summed E-state index contributed by atoms with van der Waals surface area (Å²) in [5, 5.41) is 11.6. The highest BCUT2D eigenvalue weighted by atomic mass is 32.2. The first-order chi connectivity index (χ1) is 8.00. The monoisotopic (exact) mass is 275 g/mol. The van der Waals surface area contributed by atoms with Crippen molar-refractivity contribution in [3.05, 3.63) is 5.01 Å². The van der Waals surface area contributed by atoms with Crippen LogP contribution in [-0.2, 0) is 21.1 Å². The van der Waals surface area contributed by atoms with E-state index < -0.39 is 15.8 Å². The summed E-state index contributed by atoms with van der Waals surface area (Å²) in [6, 6.07) is 0. The minimum Gasteiger partial charge on any atom is -0.300 e. The van der Waals surface area contributed by atoms with Crippen LogP contribution in [0.5, 0.6) is 0 Å². The predicted molar refractivity (Wildman–Crippen MR) is 64.7 cm³/mol. The van der Waals surface area contributed by atoms with E-state index in [1.807, 2.05) is 6.92 Å². The number of anilines is 1. The topological polar surface area (TPSA) is 89.0 Å². The van der Waals surface area contributed by atoms with Gasteiger partial charge in [-0.05, 0) is 12.8 Å². The van der Waals surface area contributed by atoms with Gasteiger partial charge in [0.25, 0.3) is 0 Å². The summed E-state index contributed by atoms with van der Waals surface area (Å²) in [4.78, 5) is 11.8. The Morgan fingerprint density at radius 3 is 2.82 bits per heavy atom. The quantitative estimate of drug-likeness (QED) is 0.866. The first-order valence-corrected chi connectivity index (χ1v) is 7.97. The molecule has 17 heavy (non-hydrogen) atoms. The van der Waals surface area contributed by atoms with E-state index in [2.05, 4.69) is 15.5 Å². The van der Waals surface area contributed by atoms with Crippen LogP contribution in [0.25, 0.3) is 0 Å². The first kappa shape index (κ1) is 12.4. The molecular formula is C9H13N3O3S2. The molecule has 94 valence electrons. The van der Waals surface area contributed by atoms with E-state index in [0.29, 0.717) is 11.6 Å². The van der Waals surface area contributed by atoms with Crippen LogP contribution < -0.4 is 5.32 Å². The normalized spacial score (nSPS) is 22.5. The molecule has 1 N–H and O–H groups in total. The van der Waals surface area contributed by atoms with E-state index in [4.69, 9.17) is 0 Å². The second-order valence-electron chi connectivity index (χ2n) is 3.94. The number of sulfone groups is 1. The van der Waals surface area contributed by atoms with Gasteiger partial charge in [-0.1, -0.05) is 18.3 Å². The lowest BCUT2D eigenvalue weighted by molar-refractivity contribution is -0.119. The molecule has 1 saturated heterocycles. The maximum Gasteiger partial charge on any atom is 0.230 e. The highest BCUT2D eigenvalue weighted by Gasteiger charge is 2.33. The molecule has 0 saturated carbocycles. The molecular weight excluding hydrogens is 262 g/mol. The zero-order valence-corrected chi connectivity index (χ0v) is 11.0. The second kappa shape index (κ2) is 4.69. The second-order valence-corrected chi connectivity index (χ2v) is 7.23. The van der Waals surface area contributed by atoms with Gasteiger partial charge in [0.1, 0.15) is 5.01 Å². The standard InChI is InChI=1S/C9H13N3O3S2/c1-2-7-11-12-9(16-7)10-8(13)6-3-4-17(14,15)5-6/h6H,2-5H2,1H3,(H,10,12,13). The fourth-order valence-electron chi connectivity index (χ4n) is 1.66. The minimum atomic E-state index is -3.03. The third-order valence-corrected chi connectivity index (χ3v) is 5.35.